The topological polar surface area (TPSA) is 12.0 Å². The zero-order valence-corrected chi connectivity index (χ0v) is 11.7. The number of aryl methyl sites for hydroxylation is 4. The Morgan fingerprint density at radius 2 is 1.50 bits per heavy atom. The van der Waals surface area contributed by atoms with Crippen LogP contribution in [0.2, 0.25) is 0 Å². The van der Waals surface area contributed by atoms with Crippen LogP contribution >= 0.6 is 0 Å². The summed E-state index contributed by atoms with van der Waals surface area (Å²) in [5.41, 5.74) is 7.90. The Kier molecular flexibility index (Phi) is 3.71. The average molecular weight is 239 g/mol. The lowest BCUT2D eigenvalue weighted by Crippen LogP contribution is -2.02. The second-order valence-electron chi connectivity index (χ2n) is 5.08. The van der Waals surface area contributed by atoms with E-state index in [0.717, 1.165) is 6.54 Å². The van der Waals surface area contributed by atoms with E-state index in [1.54, 1.807) is 0 Å². The van der Waals surface area contributed by atoms with Crippen LogP contribution in [0.15, 0.2) is 36.4 Å². The maximum Gasteiger partial charge on any atom is 0.0403 e. The molecule has 94 valence electrons. The number of benzene rings is 2. The normalized spacial score (nSPS) is 10.4. The van der Waals surface area contributed by atoms with Crippen molar-refractivity contribution in [2.75, 3.05) is 5.32 Å². The standard InChI is InChI=1S/C17H21N/c1-12-5-6-14(3)16(9-12)11-18-17-8-7-13(2)15(4)10-17/h5-10,18H,11H2,1-4H3. The molecule has 1 N–H and O–H groups in total. The molecule has 0 radical (unpaired) electrons. The lowest BCUT2D eigenvalue weighted by Gasteiger charge is -2.11. The predicted molar refractivity (Wildman–Crippen MR) is 79.2 cm³/mol. The van der Waals surface area contributed by atoms with Gasteiger partial charge < -0.3 is 5.32 Å². The molecule has 1 nitrogen and oxygen atoms in total. The van der Waals surface area contributed by atoms with Crippen molar-refractivity contribution in [3.05, 3.63) is 64.2 Å². The summed E-state index contributed by atoms with van der Waals surface area (Å²) in [4.78, 5) is 0. The van der Waals surface area contributed by atoms with E-state index in [0.29, 0.717) is 0 Å². The van der Waals surface area contributed by atoms with Gasteiger partial charge in [-0.3, -0.25) is 0 Å². The first-order valence-electron chi connectivity index (χ1n) is 6.43. The molecule has 2 aromatic rings. The van der Waals surface area contributed by atoms with Crippen molar-refractivity contribution in [2.45, 2.75) is 34.2 Å². The molecule has 1 heteroatoms. The van der Waals surface area contributed by atoms with Crippen LogP contribution in [0, 0.1) is 27.7 Å². The number of nitrogens with one attached hydrogen (secondary N) is 1. The molecule has 2 rings (SSSR count). The minimum atomic E-state index is 0.885. The van der Waals surface area contributed by atoms with Crippen LogP contribution in [0.5, 0.6) is 0 Å². The van der Waals surface area contributed by atoms with Gasteiger partial charge in [-0.2, -0.15) is 0 Å². The molecule has 2 aromatic carbocycles. The summed E-state index contributed by atoms with van der Waals surface area (Å²) < 4.78 is 0. The first kappa shape index (κ1) is 12.7. The van der Waals surface area contributed by atoms with Gasteiger partial charge in [0.25, 0.3) is 0 Å². The highest BCUT2D eigenvalue weighted by molar-refractivity contribution is 5.49. The second-order valence-corrected chi connectivity index (χ2v) is 5.08. The second kappa shape index (κ2) is 5.26. The summed E-state index contributed by atoms with van der Waals surface area (Å²) in [6.45, 7) is 9.48. The molecule has 0 saturated carbocycles. The lowest BCUT2D eigenvalue weighted by molar-refractivity contribution is 1.11. The van der Waals surface area contributed by atoms with Crippen LogP contribution in [0.3, 0.4) is 0 Å². The molecular weight excluding hydrogens is 218 g/mol. The summed E-state index contributed by atoms with van der Waals surface area (Å²) >= 11 is 0. The minimum Gasteiger partial charge on any atom is -0.381 e. The van der Waals surface area contributed by atoms with E-state index in [9.17, 15) is 0 Å². The molecule has 0 heterocycles. The molecule has 0 aliphatic rings. The first-order valence-corrected chi connectivity index (χ1v) is 6.43. The quantitative estimate of drug-likeness (QED) is 0.829. The van der Waals surface area contributed by atoms with Crippen molar-refractivity contribution in [2.24, 2.45) is 0 Å². The van der Waals surface area contributed by atoms with Crippen LogP contribution < -0.4 is 5.32 Å². The molecule has 0 bridgehead atoms. The fourth-order valence-corrected chi connectivity index (χ4v) is 2.04. The van der Waals surface area contributed by atoms with Gasteiger partial charge in [-0.05, 0) is 62.1 Å². The van der Waals surface area contributed by atoms with Crippen LogP contribution in [0.25, 0.3) is 0 Å². The van der Waals surface area contributed by atoms with Crippen LogP contribution in [-0.4, -0.2) is 0 Å². The maximum absolute atomic E-state index is 3.50. The van der Waals surface area contributed by atoms with Crippen molar-refractivity contribution >= 4 is 5.69 Å². The molecule has 0 atom stereocenters. The van der Waals surface area contributed by atoms with Gasteiger partial charge >= 0.3 is 0 Å². The smallest absolute Gasteiger partial charge is 0.0403 e. The predicted octanol–water partition coefficient (Wildman–Crippen LogP) is 4.53. The zero-order chi connectivity index (χ0) is 13.1. The Labute approximate surface area is 110 Å². The highest BCUT2D eigenvalue weighted by atomic mass is 14.9. The monoisotopic (exact) mass is 239 g/mol. The van der Waals surface area contributed by atoms with E-state index in [-0.39, 0.29) is 0 Å². The molecule has 0 unspecified atom stereocenters. The molecule has 0 saturated heterocycles. The summed E-state index contributed by atoms with van der Waals surface area (Å²) in [6.07, 6.45) is 0. The van der Waals surface area contributed by atoms with Crippen molar-refractivity contribution in [1.29, 1.82) is 0 Å². The van der Waals surface area contributed by atoms with Crippen molar-refractivity contribution in [1.82, 2.24) is 0 Å². The Bertz CT molecular complexity index is 556. The Balaban J connectivity index is 2.11. The molecule has 18 heavy (non-hydrogen) atoms. The summed E-state index contributed by atoms with van der Waals surface area (Å²) in [5, 5.41) is 3.50. The first-order chi connectivity index (χ1) is 8.56. The van der Waals surface area contributed by atoms with Crippen molar-refractivity contribution < 1.29 is 0 Å². The third-order valence-electron chi connectivity index (χ3n) is 3.49. The summed E-state index contributed by atoms with van der Waals surface area (Å²) in [6, 6.07) is 13.1. The van der Waals surface area contributed by atoms with E-state index in [1.807, 2.05) is 0 Å². The van der Waals surface area contributed by atoms with Crippen LogP contribution in [0.1, 0.15) is 27.8 Å². The van der Waals surface area contributed by atoms with Gasteiger partial charge in [-0.1, -0.05) is 29.8 Å². The zero-order valence-electron chi connectivity index (χ0n) is 11.7. The van der Waals surface area contributed by atoms with Gasteiger partial charge in [0.2, 0.25) is 0 Å². The van der Waals surface area contributed by atoms with Gasteiger partial charge in [0.1, 0.15) is 0 Å². The van der Waals surface area contributed by atoms with E-state index >= 15 is 0 Å². The summed E-state index contributed by atoms with van der Waals surface area (Å²) in [7, 11) is 0. The van der Waals surface area contributed by atoms with Crippen molar-refractivity contribution in [3.63, 3.8) is 0 Å². The Morgan fingerprint density at radius 1 is 0.778 bits per heavy atom. The van der Waals surface area contributed by atoms with Gasteiger partial charge in [-0.25, -0.2) is 0 Å². The molecule has 0 fully saturated rings. The molecule has 0 spiro atoms. The molecule has 0 aliphatic heterocycles. The SMILES string of the molecule is Cc1ccc(C)c(CNc2ccc(C)c(C)c2)c1. The van der Waals surface area contributed by atoms with Gasteiger partial charge in [0.05, 0.1) is 0 Å². The highest BCUT2D eigenvalue weighted by Crippen LogP contribution is 2.17. The molecule has 0 aromatic heterocycles. The average Bonchev–Trinajstić information content (AvgIpc) is 2.34. The van der Waals surface area contributed by atoms with E-state index in [1.165, 1.54) is 33.5 Å². The van der Waals surface area contributed by atoms with Gasteiger partial charge in [0.15, 0.2) is 0 Å². The number of hydrogen-bond acceptors (Lipinski definition) is 1. The van der Waals surface area contributed by atoms with Crippen LogP contribution in [0.4, 0.5) is 5.69 Å². The van der Waals surface area contributed by atoms with E-state index in [4.69, 9.17) is 0 Å². The fraction of sp³-hybridized carbons (Fsp3) is 0.294. The number of anilines is 1. The minimum absolute atomic E-state index is 0.885. The third-order valence-corrected chi connectivity index (χ3v) is 3.49. The number of hydrogen-bond donors (Lipinski definition) is 1. The van der Waals surface area contributed by atoms with Crippen LogP contribution in [-0.2, 0) is 6.54 Å². The molecule has 0 amide bonds. The van der Waals surface area contributed by atoms with E-state index in [2.05, 4.69) is 69.4 Å². The Hall–Kier alpha value is -1.76. The maximum atomic E-state index is 3.50. The fourth-order valence-electron chi connectivity index (χ4n) is 2.04. The van der Waals surface area contributed by atoms with Crippen molar-refractivity contribution in [3.8, 4) is 0 Å². The van der Waals surface area contributed by atoms with Gasteiger partial charge in [-0.15, -0.1) is 0 Å². The largest absolute Gasteiger partial charge is 0.381 e. The number of rotatable bonds is 3. The molecular formula is C17H21N. The van der Waals surface area contributed by atoms with E-state index < -0.39 is 0 Å². The lowest BCUT2D eigenvalue weighted by atomic mass is 10.1. The third kappa shape index (κ3) is 2.92. The van der Waals surface area contributed by atoms with Gasteiger partial charge in [0, 0.05) is 12.2 Å². The summed E-state index contributed by atoms with van der Waals surface area (Å²) in [5.74, 6) is 0. The molecule has 0 aliphatic carbocycles. The highest BCUT2D eigenvalue weighted by Gasteiger charge is 2.00. The Morgan fingerprint density at radius 3 is 2.22 bits per heavy atom.